The standard InChI is InChI=1S/C24H19BrO5/c1-28-18-12-14-23(29-2)20(15-18)22(26)13-9-16-7-10-17(11-8-16)30-24(27)19-5-3-4-6-21(19)25/h3-15H,1-2H3. The van der Waals surface area contributed by atoms with Crippen molar-refractivity contribution in [3.8, 4) is 17.2 Å². The molecule has 0 spiro atoms. The van der Waals surface area contributed by atoms with E-state index in [0.717, 1.165) is 5.56 Å². The highest BCUT2D eigenvalue weighted by Crippen LogP contribution is 2.25. The number of hydrogen-bond acceptors (Lipinski definition) is 5. The quantitative estimate of drug-likeness (QED) is 0.197. The monoisotopic (exact) mass is 466 g/mol. The summed E-state index contributed by atoms with van der Waals surface area (Å²) in [7, 11) is 3.05. The fraction of sp³-hybridized carbons (Fsp3) is 0.0833. The van der Waals surface area contributed by atoms with Crippen molar-refractivity contribution in [1.29, 1.82) is 0 Å². The predicted molar refractivity (Wildman–Crippen MR) is 118 cm³/mol. The van der Waals surface area contributed by atoms with Crippen molar-refractivity contribution in [2.24, 2.45) is 0 Å². The van der Waals surface area contributed by atoms with Crippen LogP contribution in [0.15, 0.2) is 77.3 Å². The van der Waals surface area contributed by atoms with Gasteiger partial charge in [-0.3, -0.25) is 4.79 Å². The zero-order valence-corrected chi connectivity index (χ0v) is 18.0. The number of ketones is 1. The van der Waals surface area contributed by atoms with Crippen molar-refractivity contribution in [1.82, 2.24) is 0 Å². The van der Waals surface area contributed by atoms with Gasteiger partial charge in [-0.15, -0.1) is 0 Å². The van der Waals surface area contributed by atoms with Crippen molar-refractivity contribution in [3.05, 3.63) is 94.0 Å². The summed E-state index contributed by atoms with van der Waals surface area (Å²) in [5.74, 6) is 0.790. The van der Waals surface area contributed by atoms with Crippen LogP contribution in [0.25, 0.3) is 6.08 Å². The summed E-state index contributed by atoms with van der Waals surface area (Å²) in [6, 6.07) is 19.0. The van der Waals surface area contributed by atoms with Crippen molar-refractivity contribution in [2.45, 2.75) is 0 Å². The lowest BCUT2D eigenvalue weighted by atomic mass is 10.1. The van der Waals surface area contributed by atoms with Crippen molar-refractivity contribution in [2.75, 3.05) is 14.2 Å². The number of carbonyl (C=O) groups is 2. The van der Waals surface area contributed by atoms with Crippen LogP contribution in [0.4, 0.5) is 0 Å². The lowest BCUT2D eigenvalue weighted by Gasteiger charge is -2.08. The van der Waals surface area contributed by atoms with Gasteiger partial charge in [-0.05, 0) is 70.0 Å². The van der Waals surface area contributed by atoms with Gasteiger partial charge in [0.15, 0.2) is 5.78 Å². The van der Waals surface area contributed by atoms with Gasteiger partial charge in [0.1, 0.15) is 17.2 Å². The van der Waals surface area contributed by atoms with E-state index in [1.54, 1.807) is 66.7 Å². The average Bonchev–Trinajstić information content (AvgIpc) is 2.78. The molecule has 30 heavy (non-hydrogen) atoms. The molecule has 0 N–H and O–H groups in total. The van der Waals surface area contributed by atoms with E-state index in [0.29, 0.717) is 32.8 Å². The van der Waals surface area contributed by atoms with Crippen LogP contribution in [0.3, 0.4) is 0 Å². The highest BCUT2D eigenvalue weighted by atomic mass is 79.9. The first-order valence-corrected chi connectivity index (χ1v) is 9.82. The summed E-state index contributed by atoms with van der Waals surface area (Å²) in [6.07, 6.45) is 3.14. The van der Waals surface area contributed by atoms with E-state index in [1.165, 1.54) is 20.3 Å². The van der Waals surface area contributed by atoms with Crippen molar-refractivity contribution >= 4 is 33.8 Å². The van der Waals surface area contributed by atoms with Gasteiger partial charge < -0.3 is 14.2 Å². The maximum Gasteiger partial charge on any atom is 0.344 e. The van der Waals surface area contributed by atoms with Crippen LogP contribution in [-0.4, -0.2) is 26.0 Å². The molecule has 0 aromatic heterocycles. The molecule has 6 heteroatoms. The normalized spacial score (nSPS) is 10.6. The molecule has 3 aromatic rings. The number of esters is 1. The molecule has 0 aliphatic carbocycles. The van der Waals surface area contributed by atoms with Gasteiger partial charge in [0, 0.05) is 4.47 Å². The van der Waals surface area contributed by atoms with Crippen LogP contribution >= 0.6 is 15.9 Å². The maximum absolute atomic E-state index is 12.6. The molecule has 0 fully saturated rings. The van der Waals surface area contributed by atoms with Crippen LogP contribution in [0.5, 0.6) is 17.2 Å². The third-order valence-corrected chi connectivity index (χ3v) is 4.98. The molecule has 3 aromatic carbocycles. The van der Waals surface area contributed by atoms with Gasteiger partial charge in [0.05, 0.1) is 25.3 Å². The molecule has 0 atom stereocenters. The Morgan fingerprint density at radius 1 is 0.833 bits per heavy atom. The van der Waals surface area contributed by atoms with Crippen LogP contribution in [0.1, 0.15) is 26.3 Å². The number of benzene rings is 3. The number of hydrogen-bond donors (Lipinski definition) is 0. The van der Waals surface area contributed by atoms with E-state index in [4.69, 9.17) is 14.2 Å². The number of halogens is 1. The van der Waals surface area contributed by atoms with E-state index in [-0.39, 0.29) is 5.78 Å². The van der Waals surface area contributed by atoms with Crippen molar-refractivity contribution < 1.29 is 23.8 Å². The topological polar surface area (TPSA) is 61.8 Å². The van der Waals surface area contributed by atoms with E-state index in [2.05, 4.69) is 15.9 Å². The number of allylic oxidation sites excluding steroid dienone is 1. The SMILES string of the molecule is COc1ccc(OC)c(C(=O)C=Cc2ccc(OC(=O)c3ccccc3Br)cc2)c1. The molecule has 0 aliphatic rings. The van der Waals surface area contributed by atoms with Gasteiger partial charge in [0.25, 0.3) is 0 Å². The minimum Gasteiger partial charge on any atom is -0.497 e. The second-order valence-corrected chi connectivity index (χ2v) is 7.06. The first-order valence-electron chi connectivity index (χ1n) is 9.03. The van der Waals surface area contributed by atoms with E-state index >= 15 is 0 Å². The van der Waals surface area contributed by atoms with Gasteiger partial charge in [-0.1, -0.05) is 30.3 Å². The van der Waals surface area contributed by atoms with Gasteiger partial charge in [-0.2, -0.15) is 0 Å². The predicted octanol–water partition coefficient (Wildman–Crippen LogP) is 5.58. The Morgan fingerprint density at radius 2 is 1.53 bits per heavy atom. The molecule has 0 unspecified atom stereocenters. The Bertz CT molecular complexity index is 1090. The molecule has 0 heterocycles. The van der Waals surface area contributed by atoms with E-state index in [1.807, 2.05) is 6.07 Å². The van der Waals surface area contributed by atoms with E-state index < -0.39 is 5.97 Å². The number of ether oxygens (including phenoxy) is 3. The molecular formula is C24H19BrO5. The minimum atomic E-state index is -0.453. The molecule has 0 bridgehead atoms. The Labute approximate surface area is 183 Å². The highest BCUT2D eigenvalue weighted by molar-refractivity contribution is 9.10. The summed E-state index contributed by atoms with van der Waals surface area (Å²) in [6.45, 7) is 0. The largest absolute Gasteiger partial charge is 0.497 e. The Morgan fingerprint density at radius 3 is 2.20 bits per heavy atom. The van der Waals surface area contributed by atoms with Gasteiger partial charge >= 0.3 is 5.97 Å². The molecule has 0 amide bonds. The zero-order chi connectivity index (χ0) is 21.5. The van der Waals surface area contributed by atoms with Gasteiger partial charge in [0.2, 0.25) is 0 Å². The second kappa shape index (κ2) is 9.89. The third-order valence-electron chi connectivity index (χ3n) is 4.28. The molecule has 0 radical (unpaired) electrons. The Kier molecular flexibility index (Phi) is 7.03. The summed E-state index contributed by atoms with van der Waals surface area (Å²) >= 11 is 3.34. The lowest BCUT2D eigenvalue weighted by molar-refractivity contribution is 0.0733. The smallest absolute Gasteiger partial charge is 0.344 e. The summed E-state index contributed by atoms with van der Waals surface area (Å²) in [5, 5.41) is 0. The fourth-order valence-corrected chi connectivity index (χ4v) is 3.15. The summed E-state index contributed by atoms with van der Waals surface area (Å²) < 4.78 is 16.5. The molecule has 0 saturated carbocycles. The molecule has 152 valence electrons. The summed E-state index contributed by atoms with van der Waals surface area (Å²) in [4.78, 5) is 24.8. The Hall–Kier alpha value is -3.38. The lowest BCUT2D eigenvalue weighted by Crippen LogP contribution is -2.09. The number of carbonyl (C=O) groups excluding carboxylic acids is 2. The number of methoxy groups -OCH3 is 2. The molecular weight excluding hydrogens is 448 g/mol. The first kappa shape index (κ1) is 21.3. The second-order valence-electron chi connectivity index (χ2n) is 6.20. The van der Waals surface area contributed by atoms with Crippen LogP contribution in [-0.2, 0) is 0 Å². The third kappa shape index (κ3) is 5.15. The molecule has 3 rings (SSSR count). The van der Waals surface area contributed by atoms with E-state index in [9.17, 15) is 9.59 Å². The first-order chi connectivity index (χ1) is 14.5. The van der Waals surface area contributed by atoms with Crippen molar-refractivity contribution in [3.63, 3.8) is 0 Å². The molecule has 0 saturated heterocycles. The fourth-order valence-electron chi connectivity index (χ4n) is 2.70. The molecule has 0 aliphatic heterocycles. The maximum atomic E-state index is 12.6. The zero-order valence-electron chi connectivity index (χ0n) is 16.4. The van der Waals surface area contributed by atoms with Crippen LogP contribution in [0, 0.1) is 0 Å². The number of rotatable bonds is 7. The van der Waals surface area contributed by atoms with Gasteiger partial charge in [-0.25, -0.2) is 4.79 Å². The summed E-state index contributed by atoms with van der Waals surface area (Å²) in [5.41, 5.74) is 1.64. The van der Waals surface area contributed by atoms with Crippen LogP contribution < -0.4 is 14.2 Å². The van der Waals surface area contributed by atoms with Crippen LogP contribution in [0.2, 0.25) is 0 Å². The average molecular weight is 467 g/mol. The highest BCUT2D eigenvalue weighted by Gasteiger charge is 2.12. The minimum absolute atomic E-state index is 0.213. The Balaban J connectivity index is 1.70. The molecule has 5 nitrogen and oxygen atoms in total.